The molecule has 146 valence electrons. The molecule has 0 unspecified atom stereocenters. The molecule has 0 aliphatic rings. The third kappa shape index (κ3) is 3.12. The minimum atomic E-state index is -0.158. The maximum atomic E-state index is 12.7. The van der Waals surface area contributed by atoms with Crippen molar-refractivity contribution in [3.63, 3.8) is 0 Å². The largest absolute Gasteiger partial charge is 0.287 e. The third-order valence-corrected chi connectivity index (χ3v) is 4.89. The summed E-state index contributed by atoms with van der Waals surface area (Å²) < 4.78 is 5.25. The van der Waals surface area contributed by atoms with Crippen LogP contribution in [0.25, 0.3) is 28.5 Å². The lowest BCUT2D eigenvalue weighted by atomic mass is 10.1. The highest BCUT2D eigenvalue weighted by molar-refractivity contribution is 5.57. The van der Waals surface area contributed by atoms with Crippen LogP contribution in [-0.2, 0) is 0 Å². The second kappa shape index (κ2) is 7.29. The van der Waals surface area contributed by atoms with E-state index in [1.807, 2.05) is 67.7 Å². The van der Waals surface area contributed by atoms with Crippen molar-refractivity contribution >= 4 is 0 Å². The number of hydrogen-bond acceptors (Lipinski definition) is 4. The predicted octanol–water partition coefficient (Wildman–Crippen LogP) is 3.58. The first-order chi connectivity index (χ1) is 14.7. The van der Waals surface area contributed by atoms with E-state index in [1.54, 1.807) is 38.7 Å². The van der Waals surface area contributed by atoms with E-state index in [-0.39, 0.29) is 5.43 Å². The summed E-state index contributed by atoms with van der Waals surface area (Å²) >= 11 is 0. The SMILES string of the molecule is Cc1cc(-n2cccn2)ccc1-n1ccc(=O)c(-c2ccnn2-c2ccccc2)n1. The fourth-order valence-electron chi connectivity index (χ4n) is 3.44. The van der Waals surface area contributed by atoms with Gasteiger partial charge in [-0.05, 0) is 55.0 Å². The van der Waals surface area contributed by atoms with Crippen molar-refractivity contribution in [1.29, 1.82) is 0 Å². The summed E-state index contributed by atoms with van der Waals surface area (Å²) in [7, 11) is 0. The molecule has 5 aromatic rings. The quantitative estimate of drug-likeness (QED) is 0.467. The van der Waals surface area contributed by atoms with Crippen LogP contribution in [-0.4, -0.2) is 29.3 Å². The summed E-state index contributed by atoms with van der Waals surface area (Å²) in [5.41, 5.74) is 4.56. The molecule has 0 atom stereocenters. The number of rotatable bonds is 4. The fraction of sp³-hybridized carbons (Fsp3) is 0.0435. The Kier molecular flexibility index (Phi) is 4.33. The van der Waals surface area contributed by atoms with E-state index < -0.39 is 0 Å². The first kappa shape index (κ1) is 17.8. The number of aromatic nitrogens is 6. The maximum absolute atomic E-state index is 12.7. The standard InChI is InChI=1S/C23H18N6O/c1-17-16-19(27-14-5-12-24-27)8-9-20(17)28-15-11-22(30)23(26-28)21-10-13-25-29(21)18-6-3-2-4-7-18/h2-16H,1H3. The number of benzene rings is 2. The van der Waals surface area contributed by atoms with Gasteiger partial charge < -0.3 is 0 Å². The van der Waals surface area contributed by atoms with E-state index in [1.165, 1.54) is 6.07 Å². The van der Waals surface area contributed by atoms with Gasteiger partial charge in [-0.1, -0.05) is 18.2 Å². The molecule has 7 heteroatoms. The van der Waals surface area contributed by atoms with E-state index in [4.69, 9.17) is 0 Å². The van der Waals surface area contributed by atoms with Crippen molar-refractivity contribution in [3.05, 3.63) is 107 Å². The minimum Gasteiger partial charge on any atom is -0.287 e. The zero-order valence-corrected chi connectivity index (χ0v) is 16.3. The van der Waals surface area contributed by atoms with Crippen LogP contribution < -0.4 is 5.43 Å². The highest BCUT2D eigenvalue weighted by Crippen LogP contribution is 2.20. The van der Waals surface area contributed by atoms with E-state index in [0.717, 1.165) is 22.6 Å². The van der Waals surface area contributed by atoms with Gasteiger partial charge in [-0.25, -0.2) is 14.0 Å². The lowest BCUT2D eigenvalue weighted by molar-refractivity contribution is 0.815. The summed E-state index contributed by atoms with van der Waals surface area (Å²) in [6.07, 6.45) is 7.00. The summed E-state index contributed by atoms with van der Waals surface area (Å²) in [6.45, 7) is 2.01. The molecule has 7 nitrogen and oxygen atoms in total. The molecular formula is C23H18N6O. The Morgan fingerprint density at radius 2 is 1.63 bits per heavy atom. The summed E-state index contributed by atoms with van der Waals surface area (Å²) in [5.74, 6) is 0. The van der Waals surface area contributed by atoms with E-state index in [0.29, 0.717) is 11.4 Å². The Labute approximate surface area is 172 Å². The van der Waals surface area contributed by atoms with Gasteiger partial charge in [-0.15, -0.1) is 0 Å². The molecule has 0 radical (unpaired) electrons. The average Bonchev–Trinajstić information content (AvgIpc) is 3.47. The van der Waals surface area contributed by atoms with Gasteiger partial charge in [-0.2, -0.15) is 15.3 Å². The molecule has 0 fully saturated rings. The van der Waals surface area contributed by atoms with Crippen LogP contribution in [0, 0.1) is 6.92 Å². The molecule has 3 heterocycles. The summed E-state index contributed by atoms with van der Waals surface area (Å²) in [5, 5.41) is 13.3. The van der Waals surface area contributed by atoms with Gasteiger partial charge in [0.2, 0.25) is 5.43 Å². The van der Waals surface area contributed by atoms with Gasteiger partial charge >= 0.3 is 0 Å². The molecule has 0 aliphatic heterocycles. The van der Waals surface area contributed by atoms with Gasteiger partial charge in [0, 0.05) is 24.7 Å². The number of hydrogen-bond donors (Lipinski definition) is 0. The average molecular weight is 394 g/mol. The highest BCUT2D eigenvalue weighted by atomic mass is 16.1. The molecule has 0 spiro atoms. The normalized spacial score (nSPS) is 11.0. The molecule has 0 bridgehead atoms. The van der Waals surface area contributed by atoms with Gasteiger partial charge in [0.05, 0.1) is 29.0 Å². The van der Waals surface area contributed by atoms with Crippen molar-refractivity contribution in [1.82, 2.24) is 29.3 Å². The third-order valence-electron chi connectivity index (χ3n) is 4.89. The molecule has 0 saturated carbocycles. The highest BCUT2D eigenvalue weighted by Gasteiger charge is 2.14. The van der Waals surface area contributed by atoms with Crippen molar-refractivity contribution in [2.75, 3.05) is 0 Å². The smallest absolute Gasteiger partial charge is 0.209 e. The Morgan fingerprint density at radius 1 is 0.767 bits per heavy atom. The van der Waals surface area contributed by atoms with Crippen molar-refractivity contribution in [3.8, 4) is 28.5 Å². The molecule has 0 aliphatic carbocycles. The Bertz CT molecular complexity index is 1370. The Hall–Kier alpha value is -4.26. The zero-order chi connectivity index (χ0) is 20.5. The Morgan fingerprint density at radius 3 is 2.40 bits per heavy atom. The molecule has 30 heavy (non-hydrogen) atoms. The second-order valence-electron chi connectivity index (χ2n) is 6.86. The first-order valence-electron chi connectivity index (χ1n) is 9.51. The second-order valence-corrected chi connectivity index (χ2v) is 6.86. The van der Waals surface area contributed by atoms with Crippen LogP contribution in [0.1, 0.15) is 5.56 Å². The van der Waals surface area contributed by atoms with Crippen LogP contribution in [0.4, 0.5) is 0 Å². The van der Waals surface area contributed by atoms with E-state index >= 15 is 0 Å². The van der Waals surface area contributed by atoms with Crippen molar-refractivity contribution in [2.24, 2.45) is 0 Å². The van der Waals surface area contributed by atoms with E-state index in [9.17, 15) is 4.79 Å². The molecule has 0 N–H and O–H groups in total. The van der Waals surface area contributed by atoms with Crippen LogP contribution in [0.5, 0.6) is 0 Å². The molecule has 2 aromatic carbocycles. The van der Waals surface area contributed by atoms with E-state index in [2.05, 4.69) is 15.3 Å². The van der Waals surface area contributed by atoms with Gasteiger partial charge in [-0.3, -0.25) is 4.79 Å². The maximum Gasteiger partial charge on any atom is 0.209 e. The minimum absolute atomic E-state index is 0.158. The zero-order valence-electron chi connectivity index (χ0n) is 16.3. The van der Waals surface area contributed by atoms with Crippen LogP contribution in [0.2, 0.25) is 0 Å². The molecule has 3 aromatic heterocycles. The van der Waals surface area contributed by atoms with Crippen LogP contribution in [0.3, 0.4) is 0 Å². The first-order valence-corrected chi connectivity index (χ1v) is 9.51. The molecule has 0 saturated heterocycles. The lowest BCUT2D eigenvalue weighted by Crippen LogP contribution is -2.15. The van der Waals surface area contributed by atoms with Gasteiger partial charge in [0.15, 0.2) is 5.69 Å². The monoisotopic (exact) mass is 394 g/mol. The molecular weight excluding hydrogens is 376 g/mol. The van der Waals surface area contributed by atoms with Crippen LogP contribution >= 0.6 is 0 Å². The number of aryl methyl sites for hydroxylation is 1. The number of nitrogens with zero attached hydrogens (tertiary/aromatic N) is 6. The van der Waals surface area contributed by atoms with Crippen molar-refractivity contribution < 1.29 is 0 Å². The van der Waals surface area contributed by atoms with Gasteiger partial charge in [0.1, 0.15) is 0 Å². The fourth-order valence-corrected chi connectivity index (χ4v) is 3.44. The predicted molar refractivity (Wildman–Crippen MR) is 114 cm³/mol. The molecule has 5 rings (SSSR count). The van der Waals surface area contributed by atoms with Crippen LogP contribution in [0.15, 0.2) is 96.3 Å². The Balaban J connectivity index is 1.59. The van der Waals surface area contributed by atoms with Gasteiger partial charge in [0.25, 0.3) is 0 Å². The molecule has 0 amide bonds. The summed E-state index contributed by atoms with van der Waals surface area (Å²) in [4.78, 5) is 12.7. The number of para-hydroxylation sites is 1. The lowest BCUT2D eigenvalue weighted by Gasteiger charge is -2.12. The summed E-state index contributed by atoms with van der Waals surface area (Å²) in [6, 6.07) is 20.9. The van der Waals surface area contributed by atoms with Crippen molar-refractivity contribution in [2.45, 2.75) is 6.92 Å². The topological polar surface area (TPSA) is 70.5 Å².